The zero-order chi connectivity index (χ0) is 15.4. The molecule has 2 saturated heterocycles. The van der Waals surface area contributed by atoms with Crippen LogP contribution in [0.4, 0.5) is 4.79 Å². The van der Waals surface area contributed by atoms with Crippen LogP contribution in [0, 0.1) is 11.8 Å². The second-order valence-corrected chi connectivity index (χ2v) is 7.30. The first-order chi connectivity index (χ1) is 10.7. The molecule has 0 aromatic rings. The number of ether oxygens (including phenoxy) is 1. The Balaban J connectivity index is 1.35. The SMILES string of the molecule is COC1(CCNC(=O)N2CCC(C3CCNC3)CC2)CCC1. The number of urea groups is 1. The summed E-state index contributed by atoms with van der Waals surface area (Å²) < 4.78 is 5.60. The van der Waals surface area contributed by atoms with Gasteiger partial charge in [-0.15, -0.1) is 0 Å². The van der Waals surface area contributed by atoms with Crippen molar-refractivity contribution in [2.75, 3.05) is 39.8 Å². The number of nitrogens with one attached hydrogen (secondary N) is 2. The van der Waals surface area contributed by atoms with E-state index in [0.717, 1.165) is 50.7 Å². The molecule has 0 spiro atoms. The molecule has 3 rings (SSSR count). The molecule has 3 fully saturated rings. The Morgan fingerprint density at radius 1 is 1.27 bits per heavy atom. The average molecular weight is 309 g/mol. The van der Waals surface area contributed by atoms with E-state index in [9.17, 15) is 4.79 Å². The van der Waals surface area contributed by atoms with Crippen molar-refractivity contribution in [1.82, 2.24) is 15.5 Å². The number of nitrogens with zero attached hydrogens (tertiary/aromatic N) is 1. The smallest absolute Gasteiger partial charge is 0.317 e. The predicted molar refractivity (Wildman–Crippen MR) is 86.9 cm³/mol. The van der Waals surface area contributed by atoms with Gasteiger partial charge in [0, 0.05) is 26.7 Å². The summed E-state index contributed by atoms with van der Waals surface area (Å²) in [5.74, 6) is 1.65. The first-order valence-electron chi connectivity index (χ1n) is 9.01. The number of rotatable bonds is 5. The second-order valence-electron chi connectivity index (χ2n) is 7.30. The molecule has 1 atom stereocenters. The van der Waals surface area contributed by atoms with Gasteiger partial charge in [-0.2, -0.15) is 0 Å². The lowest BCUT2D eigenvalue weighted by atomic mass is 9.77. The molecule has 0 aromatic heterocycles. The van der Waals surface area contributed by atoms with Gasteiger partial charge in [-0.05, 0) is 69.9 Å². The van der Waals surface area contributed by atoms with Crippen LogP contribution < -0.4 is 10.6 Å². The van der Waals surface area contributed by atoms with Crippen molar-refractivity contribution in [3.05, 3.63) is 0 Å². The highest BCUT2D eigenvalue weighted by molar-refractivity contribution is 5.74. The van der Waals surface area contributed by atoms with Crippen LogP contribution in [0.5, 0.6) is 0 Å². The highest BCUT2D eigenvalue weighted by atomic mass is 16.5. The number of hydrogen-bond donors (Lipinski definition) is 2. The average Bonchev–Trinajstić information content (AvgIpc) is 3.04. The van der Waals surface area contributed by atoms with Crippen LogP contribution in [0.25, 0.3) is 0 Å². The van der Waals surface area contributed by atoms with Gasteiger partial charge in [0.2, 0.25) is 0 Å². The maximum Gasteiger partial charge on any atom is 0.317 e. The Hall–Kier alpha value is -0.810. The predicted octanol–water partition coefficient (Wildman–Crippen LogP) is 1.98. The molecule has 2 heterocycles. The maximum atomic E-state index is 12.3. The lowest BCUT2D eigenvalue weighted by Gasteiger charge is -2.41. The van der Waals surface area contributed by atoms with Gasteiger partial charge in [-0.25, -0.2) is 4.79 Å². The standard InChI is InChI=1S/C17H31N3O2/c1-22-17(6-2-7-17)8-10-19-16(21)20-11-4-14(5-12-20)15-3-9-18-13-15/h14-15,18H,2-13H2,1H3,(H,19,21). The Bertz CT molecular complexity index is 365. The van der Waals surface area contributed by atoms with Crippen molar-refractivity contribution in [3.8, 4) is 0 Å². The molecule has 3 aliphatic rings. The van der Waals surface area contributed by atoms with E-state index >= 15 is 0 Å². The summed E-state index contributed by atoms with van der Waals surface area (Å²) in [6.07, 6.45) is 8.13. The Morgan fingerprint density at radius 2 is 2.05 bits per heavy atom. The van der Waals surface area contributed by atoms with Crippen molar-refractivity contribution in [1.29, 1.82) is 0 Å². The topological polar surface area (TPSA) is 53.6 Å². The van der Waals surface area contributed by atoms with Gasteiger partial charge in [0.1, 0.15) is 0 Å². The number of carbonyl (C=O) groups excluding carboxylic acids is 1. The molecular formula is C17H31N3O2. The fourth-order valence-corrected chi connectivity index (χ4v) is 4.29. The fraction of sp³-hybridized carbons (Fsp3) is 0.941. The molecule has 0 bridgehead atoms. The van der Waals surface area contributed by atoms with Crippen LogP contribution in [-0.2, 0) is 4.74 Å². The van der Waals surface area contributed by atoms with Gasteiger partial charge in [0.25, 0.3) is 0 Å². The largest absolute Gasteiger partial charge is 0.378 e. The molecule has 126 valence electrons. The highest BCUT2D eigenvalue weighted by Crippen LogP contribution is 2.37. The van der Waals surface area contributed by atoms with Crippen molar-refractivity contribution in [3.63, 3.8) is 0 Å². The van der Waals surface area contributed by atoms with Gasteiger partial charge in [0.05, 0.1) is 5.60 Å². The van der Waals surface area contributed by atoms with Crippen LogP contribution in [0.3, 0.4) is 0 Å². The molecule has 1 aliphatic carbocycles. The third-order valence-corrected chi connectivity index (χ3v) is 6.15. The highest BCUT2D eigenvalue weighted by Gasteiger charge is 2.36. The molecule has 22 heavy (non-hydrogen) atoms. The Labute approximate surface area is 134 Å². The monoisotopic (exact) mass is 309 g/mol. The van der Waals surface area contributed by atoms with E-state index in [2.05, 4.69) is 10.6 Å². The maximum absolute atomic E-state index is 12.3. The number of hydrogen-bond acceptors (Lipinski definition) is 3. The van der Waals surface area contributed by atoms with Gasteiger partial charge >= 0.3 is 6.03 Å². The minimum Gasteiger partial charge on any atom is -0.378 e. The van der Waals surface area contributed by atoms with E-state index in [-0.39, 0.29) is 11.6 Å². The third kappa shape index (κ3) is 3.57. The summed E-state index contributed by atoms with van der Waals surface area (Å²) in [6, 6.07) is 0.119. The van der Waals surface area contributed by atoms with E-state index in [1.54, 1.807) is 7.11 Å². The van der Waals surface area contributed by atoms with Crippen LogP contribution in [0.1, 0.15) is 44.9 Å². The number of amides is 2. The summed E-state index contributed by atoms with van der Waals surface area (Å²) in [5, 5.41) is 6.55. The minimum absolute atomic E-state index is 0.0513. The van der Waals surface area contributed by atoms with Gasteiger partial charge in [-0.3, -0.25) is 0 Å². The zero-order valence-corrected chi connectivity index (χ0v) is 13.9. The van der Waals surface area contributed by atoms with E-state index in [0.29, 0.717) is 0 Å². The van der Waals surface area contributed by atoms with Crippen LogP contribution in [0.15, 0.2) is 0 Å². The summed E-state index contributed by atoms with van der Waals surface area (Å²) in [7, 11) is 1.80. The fourth-order valence-electron chi connectivity index (χ4n) is 4.29. The zero-order valence-electron chi connectivity index (χ0n) is 13.9. The third-order valence-electron chi connectivity index (χ3n) is 6.15. The summed E-state index contributed by atoms with van der Waals surface area (Å²) >= 11 is 0. The second kappa shape index (κ2) is 7.18. The lowest BCUT2D eigenvalue weighted by Crippen LogP contribution is -2.48. The lowest BCUT2D eigenvalue weighted by molar-refractivity contribution is -0.0764. The van der Waals surface area contributed by atoms with Gasteiger partial charge < -0.3 is 20.3 Å². The normalized spacial score (nSPS) is 28.4. The summed E-state index contributed by atoms with van der Waals surface area (Å²) in [5.41, 5.74) is 0.0513. The van der Waals surface area contributed by atoms with Crippen molar-refractivity contribution >= 4 is 6.03 Å². The molecule has 2 N–H and O–H groups in total. The first kappa shape index (κ1) is 16.1. The molecule has 0 aromatic carbocycles. The van der Waals surface area contributed by atoms with Gasteiger partial charge in [-0.1, -0.05) is 0 Å². The molecule has 5 nitrogen and oxygen atoms in total. The number of methoxy groups -OCH3 is 1. The van der Waals surface area contributed by atoms with Crippen molar-refractivity contribution < 1.29 is 9.53 Å². The van der Waals surface area contributed by atoms with Crippen LogP contribution in [-0.4, -0.2) is 56.4 Å². The summed E-state index contributed by atoms with van der Waals surface area (Å²) in [4.78, 5) is 14.3. The first-order valence-corrected chi connectivity index (χ1v) is 9.01. The van der Waals surface area contributed by atoms with E-state index in [4.69, 9.17) is 4.74 Å². The number of carbonyl (C=O) groups is 1. The van der Waals surface area contributed by atoms with Crippen molar-refractivity contribution in [2.24, 2.45) is 11.8 Å². The number of piperidine rings is 1. The molecule has 1 unspecified atom stereocenters. The van der Waals surface area contributed by atoms with E-state index in [1.165, 1.54) is 38.8 Å². The molecule has 5 heteroatoms. The van der Waals surface area contributed by atoms with E-state index < -0.39 is 0 Å². The molecular weight excluding hydrogens is 278 g/mol. The van der Waals surface area contributed by atoms with E-state index in [1.807, 2.05) is 4.90 Å². The number of likely N-dealkylation sites (tertiary alicyclic amines) is 1. The molecule has 1 saturated carbocycles. The molecule has 0 radical (unpaired) electrons. The summed E-state index contributed by atoms with van der Waals surface area (Å²) in [6.45, 7) is 4.92. The van der Waals surface area contributed by atoms with Crippen molar-refractivity contribution in [2.45, 2.75) is 50.5 Å². The molecule has 2 aliphatic heterocycles. The minimum atomic E-state index is 0.0513. The van der Waals surface area contributed by atoms with Crippen LogP contribution >= 0.6 is 0 Å². The Kier molecular flexibility index (Phi) is 5.24. The molecule has 2 amide bonds. The van der Waals surface area contributed by atoms with Crippen LogP contribution in [0.2, 0.25) is 0 Å². The Morgan fingerprint density at radius 3 is 2.59 bits per heavy atom. The quantitative estimate of drug-likeness (QED) is 0.816. The van der Waals surface area contributed by atoms with Gasteiger partial charge in [0.15, 0.2) is 0 Å².